The Hall–Kier alpha value is -0.980. The molecular weight excluding hydrogens is 246 g/mol. The predicted octanol–water partition coefficient (Wildman–Crippen LogP) is -0.425. The number of hydrogen-bond donors (Lipinski definition) is 1. The topological polar surface area (TPSA) is 75.9 Å². The van der Waals surface area contributed by atoms with Crippen LogP contribution in [-0.4, -0.2) is 67.0 Å². The number of nitrogens with zero attached hydrogens (tertiary/aromatic N) is 2. The lowest BCUT2D eigenvalue weighted by molar-refractivity contribution is -0.149. The largest absolute Gasteiger partial charge is 0.379 e. The highest BCUT2D eigenvalue weighted by molar-refractivity contribution is 6.00. The molecule has 19 heavy (non-hydrogen) atoms. The summed E-state index contributed by atoms with van der Waals surface area (Å²) in [5, 5.41) is 0. The van der Waals surface area contributed by atoms with Crippen LogP contribution in [0, 0.1) is 0 Å². The molecule has 2 saturated heterocycles. The first kappa shape index (κ1) is 14.4. The van der Waals surface area contributed by atoms with Crippen molar-refractivity contribution in [3.63, 3.8) is 0 Å². The zero-order valence-corrected chi connectivity index (χ0v) is 11.3. The van der Waals surface area contributed by atoms with E-state index in [0.717, 1.165) is 45.7 Å². The van der Waals surface area contributed by atoms with Crippen molar-refractivity contribution >= 4 is 11.8 Å². The number of carbonyl (C=O) groups is 2. The van der Waals surface area contributed by atoms with E-state index in [1.54, 1.807) is 0 Å². The van der Waals surface area contributed by atoms with Crippen molar-refractivity contribution in [2.24, 2.45) is 5.73 Å². The van der Waals surface area contributed by atoms with Gasteiger partial charge in [-0.15, -0.1) is 0 Å². The normalized spacial score (nSPS) is 25.9. The van der Waals surface area contributed by atoms with E-state index in [2.05, 4.69) is 4.90 Å². The SMILES string of the molecule is N[C@H]1CCC(=O)N(CCCCN2CCOCC2)C1=O. The summed E-state index contributed by atoms with van der Waals surface area (Å²) in [6.45, 7) is 5.08. The van der Waals surface area contributed by atoms with Crippen molar-refractivity contribution in [3.8, 4) is 0 Å². The second kappa shape index (κ2) is 6.98. The second-order valence-electron chi connectivity index (χ2n) is 5.19. The van der Waals surface area contributed by atoms with Crippen molar-refractivity contribution in [3.05, 3.63) is 0 Å². The van der Waals surface area contributed by atoms with Crippen LogP contribution in [0.5, 0.6) is 0 Å². The first-order chi connectivity index (χ1) is 9.18. The third kappa shape index (κ3) is 3.99. The van der Waals surface area contributed by atoms with Crippen LogP contribution in [0.2, 0.25) is 0 Å². The van der Waals surface area contributed by atoms with Crippen LogP contribution in [0.4, 0.5) is 0 Å². The summed E-state index contributed by atoms with van der Waals surface area (Å²) in [4.78, 5) is 27.2. The number of amides is 2. The van der Waals surface area contributed by atoms with Crippen molar-refractivity contribution in [2.75, 3.05) is 39.4 Å². The van der Waals surface area contributed by atoms with Crippen molar-refractivity contribution in [1.82, 2.24) is 9.80 Å². The number of piperidine rings is 1. The fraction of sp³-hybridized carbons (Fsp3) is 0.846. The molecule has 0 aromatic rings. The summed E-state index contributed by atoms with van der Waals surface area (Å²) in [5.41, 5.74) is 5.69. The summed E-state index contributed by atoms with van der Waals surface area (Å²) in [6, 6.07) is -0.489. The van der Waals surface area contributed by atoms with Crippen LogP contribution in [0.25, 0.3) is 0 Å². The number of unbranched alkanes of at least 4 members (excludes halogenated alkanes) is 1. The van der Waals surface area contributed by atoms with Gasteiger partial charge in [-0.05, 0) is 25.8 Å². The maximum absolute atomic E-state index is 11.8. The first-order valence-electron chi connectivity index (χ1n) is 7.08. The Morgan fingerprint density at radius 3 is 2.58 bits per heavy atom. The molecule has 0 aromatic heterocycles. The molecule has 6 nitrogen and oxygen atoms in total. The molecule has 0 spiro atoms. The fourth-order valence-electron chi connectivity index (χ4n) is 2.53. The van der Waals surface area contributed by atoms with Crippen LogP contribution in [-0.2, 0) is 14.3 Å². The van der Waals surface area contributed by atoms with E-state index in [4.69, 9.17) is 10.5 Å². The molecule has 0 aromatic carbocycles. The molecule has 6 heteroatoms. The average molecular weight is 269 g/mol. The van der Waals surface area contributed by atoms with Gasteiger partial charge < -0.3 is 10.5 Å². The third-order valence-corrected chi connectivity index (χ3v) is 3.76. The number of hydrogen-bond acceptors (Lipinski definition) is 5. The maximum atomic E-state index is 11.8. The lowest BCUT2D eigenvalue weighted by atomic mass is 10.0. The van der Waals surface area contributed by atoms with E-state index < -0.39 is 6.04 Å². The molecule has 2 fully saturated rings. The van der Waals surface area contributed by atoms with Gasteiger partial charge in [-0.3, -0.25) is 19.4 Å². The van der Waals surface area contributed by atoms with Gasteiger partial charge in [0, 0.05) is 26.1 Å². The molecule has 2 heterocycles. The Bertz CT molecular complexity index is 329. The van der Waals surface area contributed by atoms with Gasteiger partial charge in [0.05, 0.1) is 19.3 Å². The standard InChI is InChI=1S/C13H23N3O3/c14-11-3-4-12(17)16(13(11)18)6-2-1-5-15-7-9-19-10-8-15/h11H,1-10,14H2/t11-/m0/s1. The summed E-state index contributed by atoms with van der Waals surface area (Å²) in [6.07, 6.45) is 2.73. The number of nitrogens with two attached hydrogens (primary N) is 1. The highest BCUT2D eigenvalue weighted by Crippen LogP contribution is 2.12. The highest BCUT2D eigenvalue weighted by atomic mass is 16.5. The summed E-state index contributed by atoms with van der Waals surface area (Å²) < 4.78 is 5.29. The monoisotopic (exact) mass is 269 g/mol. The number of ether oxygens (including phenoxy) is 1. The molecule has 0 aliphatic carbocycles. The van der Waals surface area contributed by atoms with Crippen LogP contribution in [0.3, 0.4) is 0 Å². The van der Waals surface area contributed by atoms with Crippen molar-refractivity contribution in [1.29, 1.82) is 0 Å². The maximum Gasteiger partial charge on any atom is 0.246 e. The Morgan fingerprint density at radius 2 is 1.84 bits per heavy atom. The van der Waals surface area contributed by atoms with Gasteiger partial charge in [0.25, 0.3) is 0 Å². The van der Waals surface area contributed by atoms with E-state index in [0.29, 0.717) is 19.4 Å². The lowest BCUT2D eigenvalue weighted by Gasteiger charge is -2.29. The summed E-state index contributed by atoms with van der Waals surface area (Å²) >= 11 is 0. The van der Waals surface area contributed by atoms with E-state index in [1.165, 1.54) is 4.90 Å². The number of carbonyl (C=O) groups excluding carboxylic acids is 2. The highest BCUT2D eigenvalue weighted by Gasteiger charge is 2.31. The van der Waals surface area contributed by atoms with E-state index >= 15 is 0 Å². The van der Waals surface area contributed by atoms with Gasteiger partial charge in [0.1, 0.15) is 0 Å². The molecule has 2 aliphatic rings. The molecular formula is C13H23N3O3. The molecule has 2 amide bonds. The molecule has 2 N–H and O–H groups in total. The summed E-state index contributed by atoms with van der Waals surface area (Å²) in [7, 11) is 0. The van der Waals surface area contributed by atoms with Crippen molar-refractivity contribution < 1.29 is 14.3 Å². The van der Waals surface area contributed by atoms with Gasteiger partial charge in [-0.25, -0.2) is 0 Å². The molecule has 0 unspecified atom stereocenters. The average Bonchev–Trinajstić information content (AvgIpc) is 2.43. The van der Waals surface area contributed by atoms with E-state index in [9.17, 15) is 9.59 Å². The molecule has 1 atom stereocenters. The minimum atomic E-state index is -0.489. The van der Waals surface area contributed by atoms with Crippen LogP contribution >= 0.6 is 0 Å². The van der Waals surface area contributed by atoms with Gasteiger partial charge >= 0.3 is 0 Å². The third-order valence-electron chi connectivity index (χ3n) is 3.76. The van der Waals surface area contributed by atoms with Gasteiger partial charge in [0.15, 0.2) is 0 Å². The van der Waals surface area contributed by atoms with Gasteiger partial charge in [0.2, 0.25) is 11.8 Å². The Balaban J connectivity index is 1.66. The second-order valence-corrected chi connectivity index (χ2v) is 5.19. The number of likely N-dealkylation sites (tertiary alicyclic amines) is 1. The van der Waals surface area contributed by atoms with Crippen LogP contribution < -0.4 is 5.73 Å². The Morgan fingerprint density at radius 1 is 1.16 bits per heavy atom. The van der Waals surface area contributed by atoms with Crippen LogP contribution in [0.1, 0.15) is 25.7 Å². The summed E-state index contributed by atoms with van der Waals surface area (Å²) in [5.74, 6) is -0.277. The Kier molecular flexibility index (Phi) is 5.30. The molecule has 108 valence electrons. The zero-order chi connectivity index (χ0) is 13.7. The zero-order valence-electron chi connectivity index (χ0n) is 11.3. The van der Waals surface area contributed by atoms with Crippen LogP contribution in [0.15, 0.2) is 0 Å². The molecule has 2 rings (SSSR count). The quantitative estimate of drug-likeness (QED) is 0.542. The predicted molar refractivity (Wildman–Crippen MR) is 70.4 cm³/mol. The lowest BCUT2D eigenvalue weighted by Crippen LogP contribution is -2.51. The van der Waals surface area contributed by atoms with Crippen molar-refractivity contribution in [2.45, 2.75) is 31.7 Å². The number of morpholine rings is 1. The Labute approximate surface area is 113 Å². The van der Waals surface area contributed by atoms with Gasteiger partial charge in [-0.2, -0.15) is 0 Å². The van der Waals surface area contributed by atoms with Gasteiger partial charge in [-0.1, -0.05) is 0 Å². The first-order valence-corrected chi connectivity index (χ1v) is 7.08. The molecule has 0 bridgehead atoms. The smallest absolute Gasteiger partial charge is 0.246 e. The number of imide groups is 1. The fourth-order valence-corrected chi connectivity index (χ4v) is 2.53. The molecule has 0 radical (unpaired) electrons. The van der Waals surface area contributed by atoms with E-state index in [1.807, 2.05) is 0 Å². The molecule has 2 aliphatic heterocycles. The molecule has 0 saturated carbocycles. The number of rotatable bonds is 5. The minimum absolute atomic E-state index is 0.0712. The minimum Gasteiger partial charge on any atom is -0.379 e. The van der Waals surface area contributed by atoms with E-state index in [-0.39, 0.29) is 11.8 Å².